The maximum absolute atomic E-state index is 2.44. The molecular formula is C34H23B. The third kappa shape index (κ3) is 2.29. The first kappa shape index (κ1) is 18.5. The molecule has 0 radical (unpaired) electrons. The fraction of sp³-hybridized carbons (Fsp3) is 0.118. The minimum absolute atomic E-state index is 0.349. The molecule has 0 atom stereocenters. The van der Waals surface area contributed by atoms with E-state index in [1.807, 2.05) is 0 Å². The molecule has 35 heavy (non-hydrogen) atoms. The second-order valence-corrected chi connectivity index (χ2v) is 10.8. The van der Waals surface area contributed by atoms with E-state index in [1.165, 1.54) is 55.6 Å². The Bertz CT molecular complexity index is 1630. The molecule has 0 saturated heterocycles. The Morgan fingerprint density at radius 1 is 0.343 bits per heavy atom. The van der Waals surface area contributed by atoms with E-state index < -0.39 is 0 Å². The molecule has 0 unspecified atom stereocenters. The number of benzene rings is 5. The van der Waals surface area contributed by atoms with Gasteiger partial charge >= 0.3 is 0 Å². The van der Waals surface area contributed by atoms with E-state index in [9.17, 15) is 0 Å². The van der Waals surface area contributed by atoms with Crippen molar-refractivity contribution in [1.29, 1.82) is 0 Å². The minimum Gasteiger partial charge on any atom is -0.0619 e. The summed E-state index contributed by atoms with van der Waals surface area (Å²) in [5.41, 5.74) is 22.9. The van der Waals surface area contributed by atoms with Crippen LogP contribution in [0.3, 0.4) is 0 Å². The van der Waals surface area contributed by atoms with Crippen LogP contribution in [0.4, 0.5) is 0 Å². The minimum atomic E-state index is 0.349. The first-order valence-electron chi connectivity index (χ1n) is 12.9. The molecule has 4 aliphatic rings. The molecule has 0 bridgehead atoms. The Morgan fingerprint density at radius 2 is 0.800 bits per heavy atom. The molecule has 0 spiro atoms. The molecule has 1 heteroatoms. The molecular weight excluding hydrogens is 419 g/mol. The quantitative estimate of drug-likeness (QED) is 0.285. The summed E-state index contributed by atoms with van der Waals surface area (Å²) in [5, 5.41) is 0. The second kappa shape index (κ2) is 6.43. The van der Waals surface area contributed by atoms with Crippen molar-refractivity contribution in [1.82, 2.24) is 0 Å². The Morgan fingerprint density at radius 3 is 1.34 bits per heavy atom. The molecule has 0 N–H and O–H groups in total. The smallest absolute Gasteiger partial charge is 0.0619 e. The fourth-order valence-corrected chi connectivity index (χ4v) is 7.78. The number of fused-ring (bicyclic) bond motifs is 12. The predicted molar refractivity (Wildman–Crippen MR) is 146 cm³/mol. The summed E-state index contributed by atoms with van der Waals surface area (Å²) in [6, 6.07) is 34.8. The van der Waals surface area contributed by atoms with Crippen LogP contribution in [-0.2, 0) is 25.7 Å². The van der Waals surface area contributed by atoms with Gasteiger partial charge < -0.3 is 0 Å². The molecule has 5 aromatic rings. The molecule has 5 aromatic carbocycles. The summed E-state index contributed by atoms with van der Waals surface area (Å²) in [5.74, 6) is 0. The van der Waals surface area contributed by atoms with Crippen molar-refractivity contribution in [3.05, 3.63) is 136 Å². The lowest BCUT2D eigenvalue weighted by Gasteiger charge is -2.36. The molecule has 162 valence electrons. The summed E-state index contributed by atoms with van der Waals surface area (Å²) < 4.78 is 0. The summed E-state index contributed by atoms with van der Waals surface area (Å²) >= 11 is 0. The van der Waals surface area contributed by atoms with Crippen LogP contribution in [0, 0.1) is 0 Å². The third-order valence-corrected chi connectivity index (χ3v) is 9.16. The van der Waals surface area contributed by atoms with Gasteiger partial charge in [-0.15, -0.1) is 0 Å². The van der Waals surface area contributed by atoms with Gasteiger partial charge in [0.05, 0.1) is 0 Å². The van der Waals surface area contributed by atoms with E-state index in [0.29, 0.717) is 6.71 Å². The van der Waals surface area contributed by atoms with E-state index in [0.717, 1.165) is 25.7 Å². The van der Waals surface area contributed by atoms with E-state index in [4.69, 9.17) is 0 Å². The first-order valence-corrected chi connectivity index (χ1v) is 12.9. The number of hydrogen-bond donors (Lipinski definition) is 0. The standard InChI is InChI=1S/C34H23B/c1-3-10-26-20(6-1)18-30-28(26)14-12-24-16-22-8-5-9-23-17-25-13-15-29-27-11-4-2-7-21(27)19-31(29)34(25)35(32(22)23)33(24)30/h1-15H,16-19H2. The van der Waals surface area contributed by atoms with E-state index in [-0.39, 0.29) is 0 Å². The molecule has 2 aliphatic carbocycles. The van der Waals surface area contributed by atoms with Crippen molar-refractivity contribution in [2.75, 3.05) is 0 Å². The Balaban J connectivity index is 1.37. The maximum atomic E-state index is 2.44. The highest BCUT2D eigenvalue weighted by atomic mass is 14.3. The maximum Gasteiger partial charge on any atom is 0.243 e. The Hall–Kier alpha value is -3.84. The van der Waals surface area contributed by atoms with Crippen LogP contribution in [-0.4, -0.2) is 6.71 Å². The summed E-state index contributed by atoms with van der Waals surface area (Å²) in [4.78, 5) is 0. The van der Waals surface area contributed by atoms with Gasteiger partial charge in [-0.25, -0.2) is 0 Å². The van der Waals surface area contributed by atoms with Gasteiger partial charge in [0.2, 0.25) is 6.71 Å². The van der Waals surface area contributed by atoms with Crippen molar-refractivity contribution in [2.24, 2.45) is 0 Å². The molecule has 0 aromatic heterocycles. The summed E-state index contributed by atoms with van der Waals surface area (Å²) in [7, 11) is 0. The lowest BCUT2D eigenvalue weighted by Crippen LogP contribution is -2.62. The normalized spacial score (nSPS) is 14.9. The average molecular weight is 442 g/mol. The molecule has 2 heterocycles. The van der Waals surface area contributed by atoms with Crippen LogP contribution < -0.4 is 16.4 Å². The topological polar surface area (TPSA) is 0 Å². The van der Waals surface area contributed by atoms with Gasteiger partial charge in [-0.05, 0) is 92.4 Å². The lowest BCUT2D eigenvalue weighted by molar-refractivity contribution is 1.13. The summed E-state index contributed by atoms with van der Waals surface area (Å²) in [6.07, 6.45) is 4.24. The van der Waals surface area contributed by atoms with E-state index in [2.05, 4.69) is 91.0 Å². The number of rotatable bonds is 0. The first-order chi connectivity index (χ1) is 17.3. The molecule has 0 fully saturated rings. The monoisotopic (exact) mass is 442 g/mol. The number of hydrogen-bond acceptors (Lipinski definition) is 0. The zero-order valence-corrected chi connectivity index (χ0v) is 19.6. The van der Waals surface area contributed by atoms with Crippen molar-refractivity contribution in [3.63, 3.8) is 0 Å². The van der Waals surface area contributed by atoms with Gasteiger partial charge in [-0.1, -0.05) is 107 Å². The van der Waals surface area contributed by atoms with Crippen LogP contribution in [0.15, 0.2) is 91.0 Å². The van der Waals surface area contributed by atoms with Crippen molar-refractivity contribution in [3.8, 4) is 22.3 Å². The molecule has 2 aliphatic heterocycles. The lowest BCUT2D eigenvalue weighted by atomic mass is 9.29. The van der Waals surface area contributed by atoms with Gasteiger partial charge in [0.15, 0.2) is 0 Å². The largest absolute Gasteiger partial charge is 0.243 e. The van der Waals surface area contributed by atoms with Crippen LogP contribution in [0.1, 0.15) is 44.5 Å². The zero-order chi connectivity index (χ0) is 22.7. The van der Waals surface area contributed by atoms with Crippen molar-refractivity contribution < 1.29 is 0 Å². The average Bonchev–Trinajstić information content (AvgIpc) is 3.46. The highest BCUT2D eigenvalue weighted by molar-refractivity contribution is 6.98. The molecule has 0 saturated carbocycles. The van der Waals surface area contributed by atoms with Crippen LogP contribution in [0.2, 0.25) is 0 Å². The van der Waals surface area contributed by atoms with Gasteiger partial charge in [0, 0.05) is 0 Å². The predicted octanol–water partition coefficient (Wildman–Crippen LogP) is 5.15. The van der Waals surface area contributed by atoms with Crippen molar-refractivity contribution >= 4 is 23.1 Å². The highest BCUT2D eigenvalue weighted by Crippen LogP contribution is 2.40. The summed E-state index contributed by atoms with van der Waals surface area (Å²) in [6.45, 7) is 0.349. The van der Waals surface area contributed by atoms with Gasteiger partial charge in [0.25, 0.3) is 0 Å². The zero-order valence-electron chi connectivity index (χ0n) is 19.6. The second-order valence-electron chi connectivity index (χ2n) is 10.8. The van der Waals surface area contributed by atoms with Gasteiger partial charge in [-0.2, -0.15) is 0 Å². The van der Waals surface area contributed by atoms with E-state index >= 15 is 0 Å². The van der Waals surface area contributed by atoms with Crippen LogP contribution in [0.25, 0.3) is 22.3 Å². The Labute approximate surface area is 206 Å². The van der Waals surface area contributed by atoms with Gasteiger partial charge in [0.1, 0.15) is 0 Å². The third-order valence-electron chi connectivity index (χ3n) is 9.16. The fourth-order valence-electron chi connectivity index (χ4n) is 7.78. The molecule has 9 rings (SSSR count). The van der Waals surface area contributed by atoms with Crippen LogP contribution >= 0.6 is 0 Å². The Kier molecular flexibility index (Phi) is 3.40. The van der Waals surface area contributed by atoms with Crippen molar-refractivity contribution in [2.45, 2.75) is 25.7 Å². The highest BCUT2D eigenvalue weighted by Gasteiger charge is 2.42. The van der Waals surface area contributed by atoms with E-state index in [1.54, 1.807) is 27.5 Å². The van der Waals surface area contributed by atoms with Crippen LogP contribution in [0.5, 0.6) is 0 Å². The van der Waals surface area contributed by atoms with Gasteiger partial charge in [-0.3, -0.25) is 0 Å². The molecule has 0 nitrogen and oxygen atoms in total. The SMILES string of the molecule is c1ccc2c(c1)Cc1c-2ccc2c1B1c3c(cccc3Cc3ccc4c(c31)Cc1ccccc1-4)C2. The molecule has 0 amide bonds.